The Morgan fingerprint density at radius 3 is 1.63 bits per heavy atom. The van der Waals surface area contributed by atoms with E-state index in [1.54, 1.807) is 0 Å². The molecular formula is C19H36. The number of rotatable bonds is 2. The zero-order valence-corrected chi connectivity index (χ0v) is 14.4. The van der Waals surface area contributed by atoms with Gasteiger partial charge in [-0.15, -0.1) is 0 Å². The van der Waals surface area contributed by atoms with Gasteiger partial charge in [-0.3, -0.25) is 0 Å². The summed E-state index contributed by atoms with van der Waals surface area (Å²) in [4.78, 5) is 0. The highest BCUT2D eigenvalue weighted by Crippen LogP contribution is 2.68. The topological polar surface area (TPSA) is 0 Å². The monoisotopic (exact) mass is 264 g/mol. The standard InChI is InChI=1S/C19H36/c1-7-17(5)14-19(15-18(17,6)8-2)12-10-9-11-16(3,4)13-19/h7-15H2,1-6H3. The minimum atomic E-state index is 0.572. The van der Waals surface area contributed by atoms with E-state index in [2.05, 4.69) is 41.5 Å². The van der Waals surface area contributed by atoms with E-state index in [0.29, 0.717) is 21.7 Å². The third kappa shape index (κ3) is 2.61. The summed E-state index contributed by atoms with van der Waals surface area (Å²) in [6.07, 6.45) is 13.1. The Bertz CT molecular complexity index is 309. The second-order valence-electron chi connectivity index (χ2n) is 9.23. The van der Waals surface area contributed by atoms with Crippen molar-refractivity contribution in [1.82, 2.24) is 0 Å². The third-order valence-corrected chi connectivity index (χ3v) is 7.21. The summed E-state index contributed by atoms with van der Waals surface area (Å²) in [7, 11) is 0. The van der Waals surface area contributed by atoms with Crippen molar-refractivity contribution in [3.8, 4) is 0 Å². The number of hydrogen-bond donors (Lipinski definition) is 0. The Hall–Kier alpha value is 0. The van der Waals surface area contributed by atoms with Crippen LogP contribution in [0.15, 0.2) is 0 Å². The van der Waals surface area contributed by atoms with Crippen molar-refractivity contribution in [2.24, 2.45) is 21.7 Å². The van der Waals surface area contributed by atoms with Crippen molar-refractivity contribution in [3.63, 3.8) is 0 Å². The van der Waals surface area contributed by atoms with Crippen LogP contribution in [0, 0.1) is 21.7 Å². The van der Waals surface area contributed by atoms with Crippen LogP contribution in [0.25, 0.3) is 0 Å². The molecule has 2 atom stereocenters. The molecule has 2 saturated carbocycles. The molecule has 0 bridgehead atoms. The van der Waals surface area contributed by atoms with Gasteiger partial charge in [-0.1, -0.05) is 67.2 Å². The quantitative estimate of drug-likeness (QED) is 0.528. The van der Waals surface area contributed by atoms with Gasteiger partial charge in [0.25, 0.3) is 0 Å². The van der Waals surface area contributed by atoms with Crippen LogP contribution in [-0.2, 0) is 0 Å². The molecule has 19 heavy (non-hydrogen) atoms. The van der Waals surface area contributed by atoms with Gasteiger partial charge < -0.3 is 0 Å². The van der Waals surface area contributed by atoms with E-state index in [1.807, 2.05) is 0 Å². The normalized spacial score (nSPS) is 46.4. The van der Waals surface area contributed by atoms with Crippen LogP contribution in [0.1, 0.15) is 99.3 Å². The van der Waals surface area contributed by atoms with E-state index in [1.165, 1.54) is 57.8 Å². The average molecular weight is 264 g/mol. The van der Waals surface area contributed by atoms with Crippen LogP contribution >= 0.6 is 0 Å². The van der Waals surface area contributed by atoms with Crippen LogP contribution in [-0.4, -0.2) is 0 Å². The fraction of sp³-hybridized carbons (Fsp3) is 1.00. The summed E-state index contributed by atoms with van der Waals surface area (Å²) < 4.78 is 0. The first-order valence-electron chi connectivity index (χ1n) is 8.70. The summed E-state index contributed by atoms with van der Waals surface area (Å²) in [5, 5.41) is 0. The minimum absolute atomic E-state index is 0.572. The predicted octanol–water partition coefficient (Wildman–Crippen LogP) is 6.59. The minimum Gasteiger partial charge on any atom is -0.0648 e. The second kappa shape index (κ2) is 4.78. The molecule has 0 radical (unpaired) electrons. The fourth-order valence-corrected chi connectivity index (χ4v) is 5.85. The third-order valence-electron chi connectivity index (χ3n) is 7.21. The first-order valence-corrected chi connectivity index (χ1v) is 8.70. The first-order chi connectivity index (χ1) is 8.70. The molecule has 2 fully saturated rings. The lowest BCUT2D eigenvalue weighted by atomic mass is 9.65. The van der Waals surface area contributed by atoms with Gasteiger partial charge >= 0.3 is 0 Å². The molecule has 0 amide bonds. The Morgan fingerprint density at radius 2 is 1.16 bits per heavy atom. The predicted molar refractivity (Wildman–Crippen MR) is 85.3 cm³/mol. The van der Waals surface area contributed by atoms with Gasteiger partial charge in [0.1, 0.15) is 0 Å². The second-order valence-corrected chi connectivity index (χ2v) is 9.23. The summed E-state index contributed by atoms with van der Waals surface area (Å²) in [5.74, 6) is 0. The summed E-state index contributed by atoms with van der Waals surface area (Å²) in [6, 6.07) is 0. The molecular weight excluding hydrogens is 228 g/mol. The van der Waals surface area contributed by atoms with E-state index >= 15 is 0 Å². The Kier molecular flexibility index (Phi) is 3.87. The van der Waals surface area contributed by atoms with E-state index < -0.39 is 0 Å². The van der Waals surface area contributed by atoms with Gasteiger partial charge in [-0.25, -0.2) is 0 Å². The molecule has 0 aromatic heterocycles. The van der Waals surface area contributed by atoms with E-state index in [9.17, 15) is 0 Å². The molecule has 0 aliphatic heterocycles. The molecule has 112 valence electrons. The van der Waals surface area contributed by atoms with Crippen molar-refractivity contribution in [3.05, 3.63) is 0 Å². The van der Waals surface area contributed by atoms with Crippen LogP contribution in [0.2, 0.25) is 0 Å². The highest BCUT2D eigenvalue weighted by molar-refractivity contribution is 5.07. The van der Waals surface area contributed by atoms with Gasteiger partial charge in [0.05, 0.1) is 0 Å². The highest BCUT2D eigenvalue weighted by Gasteiger charge is 2.57. The molecule has 0 aromatic rings. The smallest absolute Gasteiger partial charge is 0.0269 e. The number of hydrogen-bond acceptors (Lipinski definition) is 0. The van der Waals surface area contributed by atoms with Gasteiger partial charge in [0.2, 0.25) is 0 Å². The molecule has 0 heterocycles. The molecule has 2 unspecified atom stereocenters. The molecule has 0 aromatic carbocycles. The lowest BCUT2D eigenvalue weighted by molar-refractivity contribution is 0.0998. The largest absolute Gasteiger partial charge is 0.0648 e. The lowest BCUT2D eigenvalue weighted by Gasteiger charge is -2.40. The summed E-state index contributed by atoms with van der Waals surface area (Å²) in [5.41, 5.74) is 2.38. The van der Waals surface area contributed by atoms with Gasteiger partial charge in [-0.05, 0) is 53.8 Å². The molecule has 0 saturated heterocycles. The molecule has 0 heteroatoms. The maximum atomic E-state index is 2.59. The molecule has 0 N–H and O–H groups in total. The first kappa shape index (κ1) is 15.4. The molecule has 2 aliphatic rings. The van der Waals surface area contributed by atoms with Gasteiger partial charge in [0, 0.05) is 0 Å². The zero-order chi connectivity index (χ0) is 14.4. The molecule has 1 spiro atoms. The van der Waals surface area contributed by atoms with Crippen LogP contribution < -0.4 is 0 Å². The average Bonchev–Trinajstić information content (AvgIpc) is 2.43. The van der Waals surface area contributed by atoms with Gasteiger partial charge in [-0.2, -0.15) is 0 Å². The van der Waals surface area contributed by atoms with E-state index in [-0.39, 0.29) is 0 Å². The van der Waals surface area contributed by atoms with Crippen LogP contribution in [0.5, 0.6) is 0 Å². The molecule has 0 nitrogen and oxygen atoms in total. The van der Waals surface area contributed by atoms with E-state index in [0.717, 1.165) is 0 Å². The SMILES string of the molecule is CCC1(C)CC2(CCCCC(C)(C)C2)CC1(C)CC. The maximum absolute atomic E-state index is 2.59. The summed E-state index contributed by atoms with van der Waals surface area (Å²) in [6.45, 7) is 15.1. The van der Waals surface area contributed by atoms with Crippen LogP contribution in [0.4, 0.5) is 0 Å². The zero-order valence-electron chi connectivity index (χ0n) is 14.4. The van der Waals surface area contributed by atoms with Crippen LogP contribution in [0.3, 0.4) is 0 Å². The van der Waals surface area contributed by atoms with Crippen molar-refractivity contribution < 1.29 is 0 Å². The molecule has 2 rings (SSSR count). The Morgan fingerprint density at radius 1 is 0.684 bits per heavy atom. The lowest BCUT2D eigenvalue weighted by Crippen LogP contribution is -2.30. The van der Waals surface area contributed by atoms with Gasteiger partial charge in [0.15, 0.2) is 0 Å². The van der Waals surface area contributed by atoms with Crippen molar-refractivity contribution in [2.75, 3.05) is 0 Å². The van der Waals surface area contributed by atoms with E-state index in [4.69, 9.17) is 0 Å². The maximum Gasteiger partial charge on any atom is -0.0269 e. The van der Waals surface area contributed by atoms with Crippen molar-refractivity contribution in [1.29, 1.82) is 0 Å². The summed E-state index contributed by atoms with van der Waals surface area (Å²) >= 11 is 0. The Labute approximate surface area is 121 Å². The van der Waals surface area contributed by atoms with Crippen molar-refractivity contribution >= 4 is 0 Å². The Balaban J connectivity index is 2.31. The molecule has 2 aliphatic carbocycles. The fourth-order valence-electron chi connectivity index (χ4n) is 5.85. The van der Waals surface area contributed by atoms with Crippen molar-refractivity contribution in [2.45, 2.75) is 99.3 Å². The highest BCUT2D eigenvalue weighted by atomic mass is 14.6.